The number of halogens is 1. The summed E-state index contributed by atoms with van der Waals surface area (Å²) >= 11 is 8.15. The Morgan fingerprint density at radius 2 is 2.00 bits per heavy atom. The number of piperidine rings is 1. The summed E-state index contributed by atoms with van der Waals surface area (Å²) in [7, 11) is 0. The standard InChI is InChI=1S/C16H20ClNOS/c17-10-8-11-4-5-12(9-10)18(11)16(19)14-2-1-3-15-13(14)6-7-20-15/h6-7,10-12,14H,1-5,8-9H2. The maximum Gasteiger partial charge on any atom is 0.230 e. The van der Waals surface area contributed by atoms with E-state index in [-0.39, 0.29) is 11.3 Å². The Bertz CT molecular complexity index is 514. The number of nitrogens with zero attached hydrogens (tertiary/aromatic N) is 1. The fraction of sp³-hybridized carbons (Fsp3) is 0.688. The van der Waals surface area contributed by atoms with Crippen LogP contribution in [0, 0.1) is 0 Å². The molecule has 2 bridgehead atoms. The average molecular weight is 310 g/mol. The predicted octanol–water partition coefficient (Wildman–Crippen LogP) is 3.93. The number of hydrogen-bond donors (Lipinski definition) is 0. The van der Waals surface area contributed by atoms with Crippen LogP contribution >= 0.6 is 22.9 Å². The van der Waals surface area contributed by atoms with Crippen LogP contribution in [-0.4, -0.2) is 28.3 Å². The minimum atomic E-state index is 0.125. The maximum atomic E-state index is 13.1. The van der Waals surface area contributed by atoms with Crippen molar-refractivity contribution in [3.05, 3.63) is 21.9 Å². The van der Waals surface area contributed by atoms with Crippen molar-refractivity contribution in [1.82, 2.24) is 4.90 Å². The summed E-state index contributed by atoms with van der Waals surface area (Å²) in [6, 6.07) is 3.00. The van der Waals surface area contributed by atoms with Gasteiger partial charge in [-0.25, -0.2) is 0 Å². The number of hydrogen-bond acceptors (Lipinski definition) is 2. The summed E-state index contributed by atoms with van der Waals surface area (Å²) in [5, 5.41) is 2.43. The highest BCUT2D eigenvalue weighted by Gasteiger charge is 2.45. The smallest absolute Gasteiger partial charge is 0.230 e. The molecule has 1 aliphatic carbocycles. The summed E-state index contributed by atoms with van der Waals surface area (Å²) in [5.74, 6) is 0.514. The number of carbonyl (C=O) groups is 1. The van der Waals surface area contributed by atoms with Gasteiger partial charge in [0.25, 0.3) is 0 Å². The lowest BCUT2D eigenvalue weighted by molar-refractivity contribution is -0.137. The number of alkyl halides is 1. The van der Waals surface area contributed by atoms with E-state index in [4.69, 9.17) is 11.6 Å². The molecule has 3 aliphatic rings. The van der Waals surface area contributed by atoms with Crippen LogP contribution in [0.5, 0.6) is 0 Å². The summed E-state index contributed by atoms with van der Waals surface area (Å²) in [5.41, 5.74) is 1.32. The quantitative estimate of drug-likeness (QED) is 0.720. The molecule has 2 aliphatic heterocycles. The van der Waals surface area contributed by atoms with Gasteiger partial charge in [0.05, 0.1) is 5.92 Å². The van der Waals surface area contributed by atoms with Gasteiger partial charge >= 0.3 is 0 Å². The first-order chi connectivity index (χ1) is 9.74. The molecule has 3 atom stereocenters. The highest BCUT2D eigenvalue weighted by molar-refractivity contribution is 7.10. The molecule has 2 nitrogen and oxygen atoms in total. The van der Waals surface area contributed by atoms with Crippen LogP contribution in [0.4, 0.5) is 0 Å². The molecule has 1 aromatic heterocycles. The Labute approximate surface area is 129 Å². The van der Waals surface area contributed by atoms with Gasteiger partial charge < -0.3 is 4.90 Å². The first kappa shape index (κ1) is 13.1. The molecule has 1 amide bonds. The second-order valence-corrected chi connectivity index (χ2v) is 8.06. The molecule has 0 N–H and O–H groups in total. The minimum Gasteiger partial charge on any atom is -0.336 e. The Kier molecular flexibility index (Phi) is 3.30. The Morgan fingerprint density at radius 3 is 2.75 bits per heavy atom. The van der Waals surface area contributed by atoms with Crippen LogP contribution in [0.2, 0.25) is 0 Å². The predicted molar refractivity (Wildman–Crippen MR) is 82.5 cm³/mol. The summed E-state index contributed by atoms with van der Waals surface area (Å²) in [4.78, 5) is 16.7. The molecule has 1 aromatic rings. The molecule has 0 radical (unpaired) electrons. The maximum absolute atomic E-state index is 13.1. The van der Waals surface area contributed by atoms with Gasteiger partial charge in [-0.2, -0.15) is 0 Å². The van der Waals surface area contributed by atoms with Crippen molar-refractivity contribution in [1.29, 1.82) is 0 Å². The zero-order valence-corrected chi connectivity index (χ0v) is 13.1. The molecule has 4 heteroatoms. The Morgan fingerprint density at radius 1 is 1.25 bits per heavy atom. The van der Waals surface area contributed by atoms with E-state index in [1.54, 1.807) is 0 Å². The largest absolute Gasteiger partial charge is 0.336 e. The number of aryl methyl sites for hydroxylation is 1. The minimum absolute atomic E-state index is 0.125. The fourth-order valence-electron chi connectivity index (χ4n) is 4.39. The SMILES string of the molecule is O=C(C1CCCc2sccc21)N1C2CCC1CC(Cl)C2. The third-order valence-electron chi connectivity index (χ3n) is 5.28. The number of fused-ring (bicyclic) bond motifs is 3. The molecule has 0 saturated carbocycles. The highest BCUT2D eigenvalue weighted by Crippen LogP contribution is 2.42. The molecule has 20 heavy (non-hydrogen) atoms. The van der Waals surface area contributed by atoms with E-state index in [1.807, 2.05) is 11.3 Å². The van der Waals surface area contributed by atoms with Crippen molar-refractivity contribution < 1.29 is 4.79 Å². The van der Waals surface area contributed by atoms with Crippen molar-refractivity contribution in [2.45, 2.75) is 68.3 Å². The van der Waals surface area contributed by atoms with E-state index in [9.17, 15) is 4.79 Å². The third-order valence-corrected chi connectivity index (χ3v) is 6.63. The normalized spacial score (nSPS) is 36.0. The van der Waals surface area contributed by atoms with E-state index in [0.29, 0.717) is 18.0 Å². The number of amides is 1. The van der Waals surface area contributed by atoms with Gasteiger partial charge in [-0.15, -0.1) is 22.9 Å². The molecule has 3 heterocycles. The summed E-state index contributed by atoms with van der Waals surface area (Å²) in [6.45, 7) is 0. The number of carbonyl (C=O) groups excluding carboxylic acids is 1. The van der Waals surface area contributed by atoms with E-state index in [0.717, 1.165) is 44.9 Å². The van der Waals surface area contributed by atoms with Crippen molar-refractivity contribution in [3.63, 3.8) is 0 Å². The highest BCUT2D eigenvalue weighted by atomic mass is 35.5. The zero-order valence-electron chi connectivity index (χ0n) is 11.6. The topological polar surface area (TPSA) is 20.3 Å². The van der Waals surface area contributed by atoms with Crippen molar-refractivity contribution >= 4 is 28.8 Å². The Balaban J connectivity index is 1.60. The first-order valence-electron chi connectivity index (χ1n) is 7.76. The zero-order chi connectivity index (χ0) is 13.7. The van der Waals surface area contributed by atoms with E-state index < -0.39 is 0 Å². The molecule has 0 aromatic carbocycles. The van der Waals surface area contributed by atoms with Crippen LogP contribution in [0.15, 0.2) is 11.4 Å². The number of thiophene rings is 1. The van der Waals surface area contributed by atoms with Crippen molar-refractivity contribution in [2.24, 2.45) is 0 Å². The van der Waals surface area contributed by atoms with E-state index in [2.05, 4.69) is 16.3 Å². The monoisotopic (exact) mass is 309 g/mol. The van der Waals surface area contributed by atoms with Gasteiger partial charge in [0.2, 0.25) is 5.91 Å². The van der Waals surface area contributed by atoms with Crippen LogP contribution < -0.4 is 0 Å². The van der Waals surface area contributed by atoms with Crippen molar-refractivity contribution in [2.75, 3.05) is 0 Å². The molecule has 2 saturated heterocycles. The lowest BCUT2D eigenvalue weighted by Crippen LogP contribution is -2.49. The Hall–Kier alpha value is -0.540. The first-order valence-corrected chi connectivity index (χ1v) is 9.08. The van der Waals surface area contributed by atoms with Crippen LogP contribution in [-0.2, 0) is 11.2 Å². The lowest BCUT2D eigenvalue weighted by atomic mass is 9.85. The molecule has 4 rings (SSSR count). The van der Waals surface area contributed by atoms with Crippen molar-refractivity contribution in [3.8, 4) is 0 Å². The van der Waals surface area contributed by atoms with Gasteiger partial charge in [-0.3, -0.25) is 4.79 Å². The van der Waals surface area contributed by atoms with Crippen LogP contribution in [0.1, 0.15) is 54.9 Å². The molecule has 2 fully saturated rings. The van der Waals surface area contributed by atoms with Gasteiger partial charge in [0.1, 0.15) is 0 Å². The lowest BCUT2D eigenvalue weighted by Gasteiger charge is -2.39. The molecule has 108 valence electrons. The van der Waals surface area contributed by atoms with Gasteiger partial charge in [0, 0.05) is 22.3 Å². The molecular formula is C16H20ClNOS. The van der Waals surface area contributed by atoms with E-state index >= 15 is 0 Å². The van der Waals surface area contributed by atoms with Gasteiger partial charge in [-0.1, -0.05) is 0 Å². The molecule has 3 unspecified atom stereocenters. The van der Waals surface area contributed by atoms with Gasteiger partial charge in [-0.05, 0) is 62.0 Å². The molecular weight excluding hydrogens is 290 g/mol. The number of rotatable bonds is 1. The van der Waals surface area contributed by atoms with Crippen LogP contribution in [0.3, 0.4) is 0 Å². The molecule has 0 spiro atoms. The average Bonchev–Trinajstić information content (AvgIpc) is 3.01. The second-order valence-electron chi connectivity index (χ2n) is 6.44. The third kappa shape index (κ3) is 2.01. The van der Waals surface area contributed by atoms with E-state index in [1.165, 1.54) is 10.4 Å². The summed E-state index contributed by atoms with van der Waals surface area (Å²) in [6.07, 6.45) is 7.65. The second kappa shape index (κ2) is 5.03. The summed E-state index contributed by atoms with van der Waals surface area (Å²) < 4.78 is 0. The fourth-order valence-corrected chi connectivity index (χ4v) is 5.79. The van der Waals surface area contributed by atoms with Gasteiger partial charge in [0.15, 0.2) is 0 Å². The van der Waals surface area contributed by atoms with Crippen LogP contribution in [0.25, 0.3) is 0 Å².